The summed E-state index contributed by atoms with van der Waals surface area (Å²) in [6, 6.07) is 3.96. The predicted molar refractivity (Wildman–Crippen MR) is 105 cm³/mol. The fourth-order valence-corrected chi connectivity index (χ4v) is 5.20. The molecule has 1 rings (SSSR count). The predicted octanol–water partition coefficient (Wildman–Crippen LogP) is 3.34. The van der Waals surface area contributed by atoms with E-state index in [0.717, 1.165) is 17.8 Å². The second-order valence-corrected chi connectivity index (χ2v) is 8.63. The fourth-order valence-electron chi connectivity index (χ4n) is 2.24. The van der Waals surface area contributed by atoms with Crippen LogP contribution in [0, 0.1) is 10.1 Å². The number of benzene rings is 1. The Kier molecular flexibility index (Phi) is 8.26. The molecule has 0 saturated heterocycles. The molecule has 0 bridgehead atoms. The number of nitro groups is 1. The van der Waals surface area contributed by atoms with Crippen molar-refractivity contribution < 1.29 is 13.3 Å². The molecule has 0 saturated carbocycles. The molecular weight excluding hydrogens is 382 g/mol. The van der Waals surface area contributed by atoms with Crippen LogP contribution in [0.5, 0.6) is 0 Å². The highest BCUT2D eigenvalue weighted by molar-refractivity contribution is 8.23. The van der Waals surface area contributed by atoms with Crippen LogP contribution in [-0.2, 0) is 10.0 Å². The fraction of sp³-hybridized carbons (Fsp3) is 0.533. The summed E-state index contributed by atoms with van der Waals surface area (Å²) < 4.78 is 26.9. The van der Waals surface area contributed by atoms with Gasteiger partial charge in [-0.1, -0.05) is 37.8 Å². The Bertz CT molecular complexity index is 730. The van der Waals surface area contributed by atoms with Gasteiger partial charge in [-0.05, 0) is 26.0 Å². The Hall–Kier alpha value is -1.23. The van der Waals surface area contributed by atoms with E-state index in [-0.39, 0.29) is 10.6 Å². The molecule has 0 aliphatic rings. The van der Waals surface area contributed by atoms with Crippen LogP contribution in [0.1, 0.15) is 27.7 Å². The van der Waals surface area contributed by atoms with Gasteiger partial charge >= 0.3 is 0 Å². The smallest absolute Gasteiger partial charge is 0.284 e. The molecule has 0 fully saturated rings. The normalized spacial score (nSPS) is 11.6. The Balaban J connectivity index is 3.29. The molecule has 0 N–H and O–H groups in total. The molecule has 0 amide bonds. The molecule has 0 aromatic heterocycles. The average molecular weight is 406 g/mol. The van der Waals surface area contributed by atoms with Crippen LogP contribution in [0.3, 0.4) is 0 Å². The Morgan fingerprint density at radius 1 is 1.16 bits per heavy atom. The van der Waals surface area contributed by atoms with Crippen molar-refractivity contribution in [1.82, 2.24) is 9.21 Å². The van der Waals surface area contributed by atoms with Crippen molar-refractivity contribution in [3.05, 3.63) is 28.3 Å². The minimum Gasteiger partial charge on any atom is -0.358 e. The molecule has 7 nitrogen and oxygen atoms in total. The summed E-state index contributed by atoms with van der Waals surface area (Å²) >= 11 is 6.43. The Morgan fingerprint density at radius 3 is 2.16 bits per heavy atom. The standard InChI is InChI=1S/C15H23N3O4S3/c1-5-16(6-2)15(23)24-14-10-9-12(11-13(14)18(19)20)25(21,22)17(7-3)8-4/h9-11H,5-8H2,1-4H3. The van der Waals surface area contributed by atoms with Crippen molar-refractivity contribution in [2.75, 3.05) is 26.2 Å². The second-order valence-electron chi connectivity index (χ2n) is 5.02. The van der Waals surface area contributed by atoms with Crippen LogP contribution in [-0.4, -0.2) is 53.0 Å². The Morgan fingerprint density at radius 2 is 1.72 bits per heavy atom. The van der Waals surface area contributed by atoms with E-state index in [9.17, 15) is 18.5 Å². The lowest BCUT2D eigenvalue weighted by atomic mass is 10.3. The molecule has 0 unspecified atom stereocenters. The number of nitrogens with zero attached hydrogens (tertiary/aromatic N) is 3. The monoisotopic (exact) mass is 405 g/mol. The van der Waals surface area contributed by atoms with E-state index in [1.807, 2.05) is 18.7 Å². The average Bonchev–Trinajstić information content (AvgIpc) is 2.56. The van der Waals surface area contributed by atoms with Gasteiger partial charge in [-0.15, -0.1) is 0 Å². The zero-order chi connectivity index (χ0) is 19.2. The molecule has 1 aromatic rings. The molecule has 0 aliphatic carbocycles. The summed E-state index contributed by atoms with van der Waals surface area (Å²) in [6.45, 7) is 9.35. The lowest BCUT2D eigenvalue weighted by molar-refractivity contribution is -0.387. The first kappa shape index (κ1) is 21.8. The van der Waals surface area contributed by atoms with Gasteiger partial charge in [0.05, 0.1) is 14.7 Å². The first-order valence-corrected chi connectivity index (χ1v) is 10.6. The topological polar surface area (TPSA) is 83.8 Å². The van der Waals surface area contributed by atoms with E-state index in [2.05, 4.69) is 0 Å². The third-order valence-electron chi connectivity index (χ3n) is 3.69. The zero-order valence-electron chi connectivity index (χ0n) is 14.8. The SMILES string of the molecule is CCN(CC)C(=S)Sc1ccc(S(=O)(=O)N(CC)CC)cc1[N+](=O)[O-]. The molecule has 10 heteroatoms. The van der Waals surface area contributed by atoms with Crippen molar-refractivity contribution in [3.8, 4) is 0 Å². The van der Waals surface area contributed by atoms with E-state index in [1.54, 1.807) is 13.8 Å². The maximum absolute atomic E-state index is 12.6. The Labute approximate surface area is 158 Å². The van der Waals surface area contributed by atoms with E-state index >= 15 is 0 Å². The highest BCUT2D eigenvalue weighted by Gasteiger charge is 2.26. The van der Waals surface area contributed by atoms with Crippen LogP contribution in [0.2, 0.25) is 0 Å². The maximum Gasteiger partial charge on any atom is 0.284 e. The van der Waals surface area contributed by atoms with Crippen molar-refractivity contribution in [3.63, 3.8) is 0 Å². The van der Waals surface area contributed by atoms with Gasteiger partial charge in [-0.3, -0.25) is 10.1 Å². The summed E-state index contributed by atoms with van der Waals surface area (Å²) in [5.41, 5.74) is -0.257. The largest absolute Gasteiger partial charge is 0.358 e. The third-order valence-corrected chi connectivity index (χ3v) is 7.24. The molecule has 0 radical (unpaired) electrons. The van der Waals surface area contributed by atoms with E-state index in [0.29, 0.717) is 35.4 Å². The molecule has 140 valence electrons. The second kappa shape index (κ2) is 9.46. The van der Waals surface area contributed by atoms with Crippen molar-refractivity contribution in [1.29, 1.82) is 0 Å². The molecule has 0 spiro atoms. The molecular formula is C15H23N3O4S3. The number of hydrogen-bond acceptors (Lipinski definition) is 6. The number of rotatable bonds is 8. The van der Waals surface area contributed by atoms with Gasteiger partial charge in [0.15, 0.2) is 0 Å². The molecule has 1 aromatic carbocycles. The van der Waals surface area contributed by atoms with Crippen LogP contribution >= 0.6 is 24.0 Å². The van der Waals surface area contributed by atoms with Crippen molar-refractivity contribution >= 4 is 44.0 Å². The van der Waals surface area contributed by atoms with Gasteiger partial charge in [-0.25, -0.2) is 8.42 Å². The first-order chi connectivity index (χ1) is 11.7. The number of hydrogen-bond donors (Lipinski definition) is 0. The lowest BCUT2D eigenvalue weighted by Crippen LogP contribution is -2.30. The number of thiocarbonyl (C=S) groups is 1. The quantitative estimate of drug-likeness (QED) is 0.284. The molecule has 0 aliphatic heterocycles. The summed E-state index contributed by atoms with van der Waals surface area (Å²) in [5, 5.41) is 11.4. The first-order valence-electron chi connectivity index (χ1n) is 7.98. The van der Waals surface area contributed by atoms with E-state index in [1.165, 1.54) is 16.4 Å². The summed E-state index contributed by atoms with van der Waals surface area (Å²) in [5.74, 6) is 0. The lowest BCUT2D eigenvalue weighted by Gasteiger charge is -2.21. The minimum atomic E-state index is -3.75. The van der Waals surface area contributed by atoms with Gasteiger partial charge in [0, 0.05) is 32.2 Å². The third kappa shape index (κ3) is 5.13. The highest BCUT2D eigenvalue weighted by Crippen LogP contribution is 2.33. The number of nitro benzene ring substituents is 1. The van der Waals surface area contributed by atoms with Gasteiger partial charge in [0.2, 0.25) is 10.0 Å². The number of thioether (sulfide) groups is 1. The molecule has 25 heavy (non-hydrogen) atoms. The van der Waals surface area contributed by atoms with Crippen LogP contribution in [0.15, 0.2) is 28.0 Å². The van der Waals surface area contributed by atoms with Crippen LogP contribution < -0.4 is 0 Å². The van der Waals surface area contributed by atoms with E-state index in [4.69, 9.17) is 12.2 Å². The van der Waals surface area contributed by atoms with Gasteiger partial charge in [-0.2, -0.15) is 4.31 Å². The van der Waals surface area contributed by atoms with Crippen LogP contribution in [0.4, 0.5) is 5.69 Å². The summed E-state index contributed by atoms with van der Waals surface area (Å²) in [6.07, 6.45) is 0. The van der Waals surface area contributed by atoms with E-state index < -0.39 is 14.9 Å². The maximum atomic E-state index is 12.6. The van der Waals surface area contributed by atoms with Gasteiger partial charge in [0.25, 0.3) is 5.69 Å². The molecule has 0 atom stereocenters. The molecule has 0 heterocycles. The van der Waals surface area contributed by atoms with Gasteiger partial charge in [0.1, 0.15) is 4.32 Å². The summed E-state index contributed by atoms with van der Waals surface area (Å²) in [7, 11) is -3.75. The van der Waals surface area contributed by atoms with Gasteiger partial charge < -0.3 is 4.90 Å². The minimum absolute atomic E-state index is 0.0824. The van der Waals surface area contributed by atoms with Crippen LogP contribution in [0.25, 0.3) is 0 Å². The highest BCUT2D eigenvalue weighted by atomic mass is 32.2. The zero-order valence-corrected chi connectivity index (χ0v) is 17.2. The summed E-state index contributed by atoms with van der Waals surface area (Å²) in [4.78, 5) is 13.0. The van der Waals surface area contributed by atoms with Crippen molar-refractivity contribution in [2.45, 2.75) is 37.5 Å². The number of sulfonamides is 1. The van der Waals surface area contributed by atoms with Crippen molar-refractivity contribution in [2.24, 2.45) is 0 Å².